The normalized spacial score (nSPS) is 24.7. The fourth-order valence-corrected chi connectivity index (χ4v) is 5.44. The number of aromatic hydroxyl groups is 1. The van der Waals surface area contributed by atoms with Crippen LogP contribution in [0.2, 0.25) is 0 Å². The zero-order chi connectivity index (χ0) is 21.7. The fraction of sp³-hybridized carbons (Fsp3) is 0.120. The highest BCUT2D eigenvalue weighted by Gasteiger charge is 2.57. The zero-order valence-electron chi connectivity index (χ0n) is 16.9. The highest BCUT2D eigenvalue weighted by Crippen LogP contribution is 2.53. The topological polar surface area (TPSA) is 74.2 Å². The van der Waals surface area contributed by atoms with Crippen LogP contribution in [0.3, 0.4) is 0 Å². The Kier molecular flexibility index (Phi) is 4.26. The summed E-state index contributed by atoms with van der Waals surface area (Å²) in [5, 5.41) is 18.2. The van der Waals surface area contributed by atoms with E-state index < -0.39 is 5.18 Å². The SMILES string of the molecule is O=C1N[C@]2(Oc3ccccc3[C@H]3CC(c4ccccc4)=NN32)S/C1=C\c1ccc(O)cc1. The molecule has 3 aromatic rings. The maximum absolute atomic E-state index is 13.0. The smallest absolute Gasteiger partial charge is 0.336 e. The highest BCUT2D eigenvalue weighted by atomic mass is 32.2. The molecule has 1 amide bonds. The highest BCUT2D eigenvalue weighted by molar-refractivity contribution is 8.05. The Bertz CT molecular complexity index is 1270. The summed E-state index contributed by atoms with van der Waals surface area (Å²) in [5.41, 5.74) is 3.89. The number of thioether (sulfide) groups is 1. The molecule has 2 atom stereocenters. The van der Waals surface area contributed by atoms with Crippen molar-refractivity contribution in [3.63, 3.8) is 0 Å². The third-order valence-electron chi connectivity index (χ3n) is 5.78. The van der Waals surface area contributed by atoms with E-state index in [1.54, 1.807) is 30.3 Å². The number of carbonyl (C=O) groups excluding carboxylic acids is 1. The minimum absolute atomic E-state index is 0.0454. The third kappa shape index (κ3) is 3.05. The van der Waals surface area contributed by atoms with Gasteiger partial charge in [-0.1, -0.05) is 60.7 Å². The molecule has 3 aliphatic heterocycles. The lowest BCUT2D eigenvalue weighted by Gasteiger charge is -2.43. The Morgan fingerprint density at radius 2 is 1.81 bits per heavy atom. The van der Waals surface area contributed by atoms with Crippen LogP contribution in [0.25, 0.3) is 6.08 Å². The van der Waals surface area contributed by atoms with E-state index in [4.69, 9.17) is 9.84 Å². The van der Waals surface area contributed by atoms with Gasteiger partial charge in [-0.2, -0.15) is 5.10 Å². The van der Waals surface area contributed by atoms with E-state index in [0.29, 0.717) is 4.91 Å². The largest absolute Gasteiger partial charge is 0.508 e. The molecule has 0 aliphatic carbocycles. The Morgan fingerprint density at radius 1 is 1.06 bits per heavy atom. The predicted octanol–water partition coefficient (Wildman–Crippen LogP) is 4.45. The first-order chi connectivity index (χ1) is 15.6. The Balaban J connectivity index is 1.42. The lowest BCUT2D eigenvalue weighted by atomic mass is 9.97. The molecule has 3 heterocycles. The van der Waals surface area contributed by atoms with Gasteiger partial charge >= 0.3 is 5.18 Å². The minimum Gasteiger partial charge on any atom is -0.508 e. The lowest BCUT2D eigenvalue weighted by Crippen LogP contribution is -2.58. The van der Waals surface area contributed by atoms with E-state index in [2.05, 4.69) is 11.4 Å². The summed E-state index contributed by atoms with van der Waals surface area (Å²) in [6, 6.07) is 24.7. The van der Waals surface area contributed by atoms with Crippen molar-refractivity contribution in [1.29, 1.82) is 0 Å². The van der Waals surface area contributed by atoms with Crippen LogP contribution in [0.4, 0.5) is 0 Å². The molecule has 3 aromatic carbocycles. The van der Waals surface area contributed by atoms with E-state index in [1.165, 1.54) is 11.8 Å². The van der Waals surface area contributed by atoms with Gasteiger partial charge in [0.15, 0.2) is 0 Å². The number of nitrogens with zero attached hydrogens (tertiary/aromatic N) is 2. The summed E-state index contributed by atoms with van der Waals surface area (Å²) in [6.07, 6.45) is 2.52. The number of rotatable bonds is 2. The predicted molar refractivity (Wildman–Crippen MR) is 124 cm³/mol. The molecule has 3 aliphatic rings. The number of hydrogen-bond donors (Lipinski definition) is 2. The summed E-state index contributed by atoms with van der Waals surface area (Å²) in [5.74, 6) is 0.712. The summed E-state index contributed by atoms with van der Waals surface area (Å²) in [6.45, 7) is 0. The number of hydrogen-bond acceptors (Lipinski definition) is 6. The molecule has 6 nitrogen and oxygen atoms in total. The Morgan fingerprint density at radius 3 is 2.62 bits per heavy atom. The average molecular weight is 442 g/mol. The van der Waals surface area contributed by atoms with Crippen molar-refractivity contribution in [3.05, 3.63) is 100 Å². The van der Waals surface area contributed by atoms with Gasteiger partial charge in [0.2, 0.25) is 0 Å². The molecule has 1 spiro atoms. The van der Waals surface area contributed by atoms with Crippen molar-refractivity contribution in [2.24, 2.45) is 5.10 Å². The lowest BCUT2D eigenvalue weighted by molar-refractivity contribution is -0.127. The quantitative estimate of drug-likeness (QED) is 0.575. The van der Waals surface area contributed by atoms with Crippen LogP contribution in [-0.4, -0.2) is 26.9 Å². The molecule has 6 rings (SSSR count). The first-order valence-corrected chi connectivity index (χ1v) is 11.2. The molecule has 1 fully saturated rings. The van der Waals surface area contributed by atoms with Crippen molar-refractivity contribution < 1.29 is 14.6 Å². The third-order valence-corrected chi connectivity index (χ3v) is 6.95. The molecule has 0 unspecified atom stereocenters. The fourth-order valence-electron chi connectivity index (χ4n) is 4.27. The van der Waals surface area contributed by atoms with Crippen LogP contribution in [-0.2, 0) is 4.79 Å². The van der Waals surface area contributed by atoms with Gasteiger partial charge in [0.05, 0.1) is 16.7 Å². The minimum atomic E-state index is -1.16. The number of amides is 1. The first kappa shape index (κ1) is 19.0. The summed E-state index contributed by atoms with van der Waals surface area (Å²) >= 11 is 1.31. The van der Waals surface area contributed by atoms with Crippen molar-refractivity contribution in [3.8, 4) is 11.5 Å². The number of benzene rings is 3. The Hall–Kier alpha value is -3.71. The van der Waals surface area contributed by atoms with Crippen LogP contribution in [0.1, 0.15) is 29.2 Å². The van der Waals surface area contributed by atoms with Crippen LogP contribution >= 0.6 is 11.8 Å². The second-order valence-corrected chi connectivity index (χ2v) is 9.05. The first-order valence-electron chi connectivity index (χ1n) is 10.3. The van der Waals surface area contributed by atoms with Crippen LogP contribution < -0.4 is 10.1 Å². The second-order valence-electron chi connectivity index (χ2n) is 7.86. The molecule has 1 saturated heterocycles. The molecule has 7 heteroatoms. The molecule has 0 saturated carbocycles. The van der Waals surface area contributed by atoms with Crippen LogP contribution in [0.5, 0.6) is 11.5 Å². The van der Waals surface area contributed by atoms with E-state index in [-0.39, 0.29) is 17.7 Å². The molecule has 2 N–H and O–H groups in total. The molecule has 0 radical (unpaired) electrons. The van der Waals surface area contributed by atoms with Gasteiger partial charge in [-0.3, -0.25) is 10.1 Å². The maximum atomic E-state index is 13.0. The second kappa shape index (κ2) is 7.17. The average Bonchev–Trinajstić information content (AvgIpc) is 3.39. The van der Waals surface area contributed by atoms with Gasteiger partial charge in [0.25, 0.3) is 5.91 Å². The number of fused-ring (bicyclic) bond motifs is 4. The summed E-state index contributed by atoms with van der Waals surface area (Å²) in [7, 11) is 0. The van der Waals surface area contributed by atoms with Gasteiger partial charge < -0.3 is 9.84 Å². The molecule has 158 valence electrons. The molecule has 0 bridgehead atoms. The Labute approximate surface area is 189 Å². The van der Waals surface area contributed by atoms with Gasteiger partial charge in [-0.15, -0.1) is 0 Å². The summed E-state index contributed by atoms with van der Waals surface area (Å²) in [4.78, 5) is 13.5. The van der Waals surface area contributed by atoms with E-state index in [9.17, 15) is 9.90 Å². The number of para-hydroxylation sites is 1. The van der Waals surface area contributed by atoms with Crippen molar-refractivity contribution in [2.45, 2.75) is 17.6 Å². The molecular formula is C25H19N3O3S. The monoisotopic (exact) mass is 441 g/mol. The van der Waals surface area contributed by atoms with Gasteiger partial charge in [0, 0.05) is 12.0 Å². The van der Waals surface area contributed by atoms with Crippen LogP contribution in [0.15, 0.2) is 88.9 Å². The van der Waals surface area contributed by atoms with Gasteiger partial charge in [-0.25, -0.2) is 5.01 Å². The zero-order valence-corrected chi connectivity index (χ0v) is 17.8. The summed E-state index contributed by atoms with van der Waals surface area (Å²) < 4.78 is 6.41. The number of hydrazone groups is 1. The molecular weight excluding hydrogens is 422 g/mol. The van der Waals surface area contributed by atoms with E-state index in [0.717, 1.165) is 34.6 Å². The molecule has 32 heavy (non-hydrogen) atoms. The van der Waals surface area contributed by atoms with E-state index >= 15 is 0 Å². The van der Waals surface area contributed by atoms with Gasteiger partial charge in [0.1, 0.15) is 11.5 Å². The van der Waals surface area contributed by atoms with Crippen molar-refractivity contribution in [1.82, 2.24) is 10.3 Å². The van der Waals surface area contributed by atoms with Crippen molar-refractivity contribution >= 4 is 29.5 Å². The number of phenols is 1. The number of ether oxygens (including phenoxy) is 1. The number of nitrogens with one attached hydrogen (secondary N) is 1. The number of carbonyl (C=O) groups is 1. The van der Waals surface area contributed by atoms with E-state index in [1.807, 2.05) is 53.5 Å². The maximum Gasteiger partial charge on any atom is 0.336 e. The standard InChI is InChI=1S/C25H19N3O3S/c29-18-12-10-16(11-13-18)14-23-24(30)26-25(32-23)28-21(19-8-4-5-9-22(19)31-25)15-20(27-28)17-6-2-1-3-7-17/h1-14,21,29H,15H2,(H,26,30)/b23-14-/t21-,25+/m1/s1. The van der Waals surface area contributed by atoms with Crippen LogP contribution in [0, 0.1) is 0 Å². The van der Waals surface area contributed by atoms with Gasteiger partial charge in [-0.05, 0) is 47.2 Å². The number of phenolic OH excluding ortho intramolecular Hbond substituents is 1. The van der Waals surface area contributed by atoms with Crippen molar-refractivity contribution in [2.75, 3.05) is 0 Å². The molecule has 0 aromatic heterocycles.